The maximum absolute atomic E-state index is 13.8. The van der Waals surface area contributed by atoms with E-state index >= 15 is 0 Å². The summed E-state index contributed by atoms with van der Waals surface area (Å²) in [6.07, 6.45) is 0.846. The number of carbonyl (C=O) groups is 1. The maximum atomic E-state index is 13.8. The van der Waals surface area contributed by atoms with E-state index in [4.69, 9.17) is 23.7 Å². The zero-order valence-corrected chi connectivity index (χ0v) is 21.8. The molecular weight excluding hydrogens is 496 g/mol. The Hall–Kier alpha value is -2.43. The molecule has 9 heteroatoms. The summed E-state index contributed by atoms with van der Waals surface area (Å²) in [4.78, 5) is 13.8. The summed E-state index contributed by atoms with van der Waals surface area (Å²) in [6.45, 7) is 4.98. The maximum Gasteiger partial charge on any atom is 0.252 e. The van der Waals surface area contributed by atoms with Crippen molar-refractivity contribution >= 4 is 5.91 Å². The number of nitrogens with one attached hydrogen (secondary N) is 1. The van der Waals surface area contributed by atoms with Crippen LogP contribution in [0.1, 0.15) is 50.7 Å². The molecule has 1 amide bonds. The van der Waals surface area contributed by atoms with Gasteiger partial charge in [-0.25, -0.2) is 8.78 Å². The number of hydrogen-bond acceptors (Lipinski definition) is 6. The van der Waals surface area contributed by atoms with Crippen molar-refractivity contribution in [3.8, 4) is 0 Å². The molecule has 0 bridgehead atoms. The Bertz CT molecular complexity index is 1110. The number of halogens is 2. The van der Waals surface area contributed by atoms with Crippen molar-refractivity contribution in [3.63, 3.8) is 0 Å². The Labute approximate surface area is 221 Å². The summed E-state index contributed by atoms with van der Waals surface area (Å²) >= 11 is 0. The van der Waals surface area contributed by atoms with Gasteiger partial charge >= 0.3 is 0 Å². The van der Waals surface area contributed by atoms with Gasteiger partial charge in [-0.1, -0.05) is 36.4 Å². The SMILES string of the molecule is CC1(C)O[C@@H]2C[C@@](OCc3ccccc3)(C(=O)NCC3CCCO3)CC(OCc3ccc(F)c(F)c3)[C@@H]2O1. The van der Waals surface area contributed by atoms with E-state index in [1.165, 1.54) is 6.07 Å². The normalized spacial score (nSPS) is 30.2. The summed E-state index contributed by atoms with van der Waals surface area (Å²) in [6, 6.07) is 13.3. The molecule has 206 valence electrons. The predicted molar refractivity (Wildman–Crippen MR) is 134 cm³/mol. The second-order valence-electron chi connectivity index (χ2n) is 10.8. The van der Waals surface area contributed by atoms with Crippen molar-refractivity contribution in [1.29, 1.82) is 0 Å². The van der Waals surface area contributed by atoms with E-state index in [1.807, 2.05) is 44.2 Å². The van der Waals surface area contributed by atoms with E-state index in [-0.39, 0.29) is 38.1 Å². The van der Waals surface area contributed by atoms with Crippen molar-refractivity contribution in [2.24, 2.45) is 0 Å². The molecule has 0 radical (unpaired) electrons. The zero-order chi connectivity index (χ0) is 26.8. The highest BCUT2D eigenvalue weighted by molar-refractivity contribution is 5.85. The van der Waals surface area contributed by atoms with Crippen LogP contribution in [-0.4, -0.2) is 54.9 Å². The average Bonchev–Trinajstić information content (AvgIpc) is 3.53. The fourth-order valence-corrected chi connectivity index (χ4v) is 5.51. The highest BCUT2D eigenvalue weighted by atomic mass is 19.2. The van der Waals surface area contributed by atoms with Gasteiger partial charge in [0.15, 0.2) is 23.0 Å². The molecule has 1 saturated carbocycles. The molecule has 3 fully saturated rings. The third-order valence-electron chi connectivity index (χ3n) is 7.38. The van der Waals surface area contributed by atoms with Crippen molar-refractivity contribution < 1.29 is 37.3 Å². The van der Waals surface area contributed by atoms with Gasteiger partial charge in [-0.05, 0) is 49.9 Å². The monoisotopic (exact) mass is 531 g/mol. The topological polar surface area (TPSA) is 75.3 Å². The third kappa shape index (κ3) is 6.24. The van der Waals surface area contributed by atoms with Gasteiger partial charge in [0.25, 0.3) is 5.91 Å². The van der Waals surface area contributed by atoms with E-state index in [9.17, 15) is 13.6 Å². The Balaban J connectivity index is 1.38. The van der Waals surface area contributed by atoms with Gasteiger partial charge in [-0.3, -0.25) is 4.79 Å². The molecule has 0 aromatic heterocycles. The minimum atomic E-state index is -1.25. The Morgan fingerprint density at radius 3 is 2.58 bits per heavy atom. The number of carbonyl (C=O) groups excluding carboxylic acids is 1. The van der Waals surface area contributed by atoms with Gasteiger partial charge in [-0.2, -0.15) is 0 Å². The number of ether oxygens (including phenoxy) is 5. The van der Waals surface area contributed by atoms with Crippen molar-refractivity contribution in [2.45, 2.75) is 88.5 Å². The van der Waals surface area contributed by atoms with Crippen molar-refractivity contribution in [1.82, 2.24) is 5.32 Å². The second-order valence-corrected chi connectivity index (χ2v) is 10.8. The number of amides is 1. The van der Waals surface area contributed by atoms with Gasteiger partial charge in [0.05, 0.1) is 31.5 Å². The zero-order valence-electron chi connectivity index (χ0n) is 21.8. The molecule has 5 atom stereocenters. The van der Waals surface area contributed by atoms with E-state index in [0.29, 0.717) is 18.7 Å². The van der Waals surface area contributed by atoms with E-state index in [0.717, 1.165) is 30.5 Å². The molecule has 1 aliphatic carbocycles. The lowest BCUT2D eigenvalue weighted by molar-refractivity contribution is -0.183. The third-order valence-corrected chi connectivity index (χ3v) is 7.38. The van der Waals surface area contributed by atoms with Gasteiger partial charge < -0.3 is 29.0 Å². The molecule has 3 aliphatic rings. The first-order valence-corrected chi connectivity index (χ1v) is 13.2. The second kappa shape index (κ2) is 11.4. The lowest BCUT2D eigenvalue weighted by Gasteiger charge is -2.43. The quantitative estimate of drug-likeness (QED) is 0.517. The summed E-state index contributed by atoms with van der Waals surface area (Å²) < 4.78 is 58.0. The van der Waals surface area contributed by atoms with Crippen LogP contribution < -0.4 is 5.32 Å². The Morgan fingerprint density at radius 1 is 1.03 bits per heavy atom. The first kappa shape index (κ1) is 27.1. The standard InChI is InChI=1S/C29H35F2NO6/c1-28(2)37-25-15-29(36-18-19-7-4-3-5-8-19,27(33)32-16-21-9-6-12-34-21)14-24(26(25)38-28)35-17-20-10-11-22(30)23(31)13-20/h3-5,7-8,10-11,13,21,24-26H,6,9,12,14-18H2,1-2H3,(H,32,33)/t21?,24?,25-,26+,29-/m1/s1. The van der Waals surface area contributed by atoms with Gasteiger partial charge in [-0.15, -0.1) is 0 Å². The molecule has 2 saturated heterocycles. The minimum absolute atomic E-state index is 0.0151. The van der Waals surface area contributed by atoms with Crippen molar-refractivity contribution in [3.05, 3.63) is 71.3 Å². The van der Waals surface area contributed by atoms with Crippen LogP contribution in [0.5, 0.6) is 0 Å². The Morgan fingerprint density at radius 2 is 1.84 bits per heavy atom. The molecule has 1 N–H and O–H groups in total. The number of fused-ring (bicyclic) bond motifs is 1. The molecule has 5 rings (SSSR count). The van der Waals surface area contributed by atoms with Crippen LogP contribution in [0.3, 0.4) is 0 Å². The van der Waals surface area contributed by atoms with Crippen molar-refractivity contribution in [2.75, 3.05) is 13.2 Å². The highest BCUT2D eigenvalue weighted by Gasteiger charge is 2.58. The molecular formula is C29H35F2NO6. The fraction of sp³-hybridized carbons (Fsp3) is 0.552. The van der Waals surface area contributed by atoms with Crippen LogP contribution in [0.2, 0.25) is 0 Å². The molecule has 2 aromatic rings. The largest absolute Gasteiger partial charge is 0.376 e. The molecule has 2 heterocycles. The van der Waals surface area contributed by atoms with Crippen LogP contribution in [0.4, 0.5) is 8.78 Å². The number of hydrogen-bond donors (Lipinski definition) is 1. The van der Waals surface area contributed by atoms with Gasteiger partial charge in [0.1, 0.15) is 6.10 Å². The summed E-state index contributed by atoms with van der Waals surface area (Å²) in [5, 5.41) is 3.05. The average molecular weight is 532 g/mol. The first-order chi connectivity index (χ1) is 18.2. The van der Waals surface area contributed by atoms with E-state index in [1.54, 1.807) is 0 Å². The summed E-state index contributed by atoms with van der Waals surface area (Å²) in [5.74, 6) is -2.99. The summed E-state index contributed by atoms with van der Waals surface area (Å²) in [5.41, 5.74) is 0.157. The molecule has 2 aromatic carbocycles. The number of rotatable bonds is 9. The van der Waals surface area contributed by atoms with Crippen LogP contribution in [0.25, 0.3) is 0 Å². The molecule has 2 unspecified atom stereocenters. The lowest BCUT2D eigenvalue weighted by Crippen LogP contribution is -2.60. The van der Waals surface area contributed by atoms with E-state index < -0.39 is 41.3 Å². The predicted octanol–water partition coefficient (Wildman–Crippen LogP) is 4.41. The summed E-state index contributed by atoms with van der Waals surface area (Å²) in [7, 11) is 0. The van der Waals surface area contributed by atoms with E-state index in [2.05, 4.69) is 5.32 Å². The molecule has 2 aliphatic heterocycles. The molecule has 7 nitrogen and oxygen atoms in total. The van der Waals surface area contributed by atoms with Crippen LogP contribution in [-0.2, 0) is 41.7 Å². The molecule has 38 heavy (non-hydrogen) atoms. The molecule has 0 spiro atoms. The minimum Gasteiger partial charge on any atom is -0.376 e. The first-order valence-electron chi connectivity index (χ1n) is 13.2. The van der Waals surface area contributed by atoms with Crippen LogP contribution in [0.15, 0.2) is 48.5 Å². The smallest absolute Gasteiger partial charge is 0.252 e. The van der Waals surface area contributed by atoms with Crippen LogP contribution >= 0.6 is 0 Å². The van der Waals surface area contributed by atoms with Gasteiger partial charge in [0.2, 0.25) is 0 Å². The lowest BCUT2D eigenvalue weighted by atomic mass is 9.78. The Kier molecular flexibility index (Phi) is 8.11. The fourth-order valence-electron chi connectivity index (χ4n) is 5.51. The van der Waals surface area contributed by atoms with Crippen LogP contribution in [0, 0.1) is 11.6 Å². The number of benzene rings is 2. The van der Waals surface area contributed by atoms with Gasteiger partial charge in [0, 0.05) is 26.0 Å². The highest BCUT2D eigenvalue weighted by Crippen LogP contribution is 2.44.